The van der Waals surface area contributed by atoms with E-state index >= 15 is 0 Å². The highest BCUT2D eigenvalue weighted by molar-refractivity contribution is 5.58. The third-order valence-electron chi connectivity index (χ3n) is 4.65. The molecule has 1 unspecified atom stereocenters. The van der Waals surface area contributed by atoms with Crippen LogP contribution in [0.25, 0.3) is 11.4 Å². The van der Waals surface area contributed by atoms with E-state index in [1.54, 1.807) is 31.5 Å². The number of nitrogens with zero attached hydrogens (tertiary/aromatic N) is 4. The average molecular weight is 388 g/mol. The summed E-state index contributed by atoms with van der Waals surface area (Å²) in [6.07, 6.45) is -3.14. The summed E-state index contributed by atoms with van der Waals surface area (Å²) in [7, 11) is 0. The molecule has 0 spiro atoms. The van der Waals surface area contributed by atoms with Gasteiger partial charge >= 0.3 is 6.18 Å². The first-order valence-corrected chi connectivity index (χ1v) is 8.61. The van der Waals surface area contributed by atoms with E-state index in [-0.39, 0.29) is 12.6 Å². The zero-order valence-corrected chi connectivity index (χ0v) is 15.6. The van der Waals surface area contributed by atoms with Crippen molar-refractivity contribution in [1.29, 1.82) is 0 Å². The second-order valence-electron chi connectivity index (χ2n) is 7.72. The van der Waals surface area contributed by atoms with Gasteiger partial charge in [0, 0.05) is 12.5 Å². The summed E-state index contributed by atoms with van der Waals surface area (Å²) >= 11 is 0. The Bertz CT molecular complexity index is 834. The number of halogens is 3. The standard InChI is InChI=1S/C17H23F3N4O3/c1-10-9-23-11(7-13(22-23)27-6-5-15(2,3)25)12-8-21-14(24(10)12)16(4,26)17(18,19)20/h7-8,10,25-26H,5-6,9H2,1-4H3/t10-,16?/m0/s1. The second-order valence-corrected chi connectivity index (χ2v) is 7.72. The van der Waals surface area contributed by atoms with Crippen LogP contribution in [0.4, 0.5) is 13.2 Å². The molecule has 10 heteroatoms. The number of ether oxygens (including phenoxy) is 1. The van der Waals surface area contributed by atoms with Gasteiger partial charge < -0.3 is 19.5 Å². The van der Waals surface area contributed by atoms with E-state index in [0.717, 1.165) is 0 Å². The molecule has 0 bridgehead atoms. The van der Waals surface area contributed by atoms with Gasteiger partial charge in [-0.05, 0) is 27.7 Å². The first kappa shape index (κ1) is 19.7. The molecule has 2 aromatic rings. The lowest BCUT2D eigenvalue weighted by molar-refractivity contribution is -0.262. The molecular weight excluding hydrogens is 365 g/mol. The second kappa shape index (κ2) is 6.23. The largest absolute Gasteiger partial charge is 0.476 e. The molecule has 1 aliphatic heterocycles. The van der Waals surface area contributed by atoms with Gasteiger partial charge in [-0.15, -0.1) is 5.10 Å². The molecule has 0 saturated carbocycles. The number of aromatic nitrogens is 4. The van der Waals surface area contributed by atoms with E-state index in [4.69, 9.17) is 4.74 Å². The lowest BCUT2D eigenvalue weighted by Gasteiger charge is -2.31. The van der Waals surface area contributed by atoms with Crippen molar-refractivity contribution < 1.29 is 28.1 Å². The summed E-state index contributed by atoms with van der Waals surface area (Å²) < 4.78 is 48.4. The number of hydrogen-bond donors (Lipinski definition) is 2. The SMILES string of the molecule is C[C@H]1Cn2nc(OCCC(C)(C)O)cc2-c2cnc(C(C)(O)C(F)(F)F)n21. The van der Waals surface area contributed by atoms with Crippen LogP contribution >= 0.6 is 0 Å². The Balaban J connectivity index is 1.93. The fraction of sp³-hybridized carbons (Fsp3) is 0.647. The minimum Gasteiger partial charge on any atom is -0.476 e. The van der Waals surface area contributed by atoms with Gasteiger partial charge in [0.25, 0.3) is 0 Å². The maximum atomic E-state index is 13.3. The molecule has 150 valence electrons. The van der Waals surface area contributed by atoms with Crippen molar-refractivity contribution in [2.24, 2.45) is 0 Å². The lowest BCUT2D eigenvalue weighted by Crippen LogP contribution is -2.42. The van der Waals surface area contributed by atoms with Crippen molar-refractivity contribution in [3.8, 4) is 17.3 Å². The zero-order chi connectivity index (χ0) is 20.2. The van der Waals surface area contributed by atoms with Crippen LogP contribution in [0.2, 0.25) is 0 Å². The molecule has 2 N–H and O–H groups in total. The maximum Gasteiger partial charge on any atom is 0.424 e. The van der Waals surface area contributed by atoms with Crippen molar-refractivity contribution in [3.05, 3.63) is 18.1 Å². The fourth-order valence-corrected chi connectivity index (χ4v) is 3.03. The van der Waals surface area contributed by atoms with Crippen molar-refractivity contribution >= 4 is 0 Å². The third-order valence-corrected chi connectivity index (χ3v) is 4.65. The molecule has 2 atom stereocenters. The molecule has 7 nitrogen and oxygen atoms in total. The van der Waals surface area contributed by atoms with Crippen LogP contribution in [0.3, 0.4) is 0 Å². The maximum absolute atomic E-state index is 13.3. The predicted octanol–water partition coefficient (Wildman–Crippen LogP) is 2.63. The van der Waals surface area contributed by atoms with Crippen molar-refractivity contribution in [1.82, 2.24) is 19.3 Å². The van der Waals surface area contributed by atoms with Crippen molar-refractivity contribution in [3.63, 3.8) is 0 Å². The molecule has 3 heterocycles. The van der Waals surface area contributed by atoms with Gasteiger partial charge in [0.1, 0.15) is 0 Å². The molecule has 0 saturated heterocycles. The van der Waals surface area contributed by atoms with E-state index in [9.17, 15) is 23.4 Å². The minimum atomic E-state index is -4.85. The smallest absolute Gasteiger partial charge is 0.424 e. The van der Waals surface area contributed by atoms with Crippen LogP contribution in [0, 0.1) is 0 Å². The van der Waals surface area contributed by atoms with Crippen molar-refractivity contribution in [2.75, 3.05) is 6.61 Å². The van der Waals surface area contributed by atoms with Gasteiger partial charge in [-0.1, -0.05) is 0 Å². The highest BCUT2D eigenvalue weighted by atomic mass is 19.4. The summed E-state index contributed by atoms with van der Waals surface area (Å²) in [6, 6.07) is 1.23. The minimum absolute atomic E-state index is 0.253. The molecule has 27 heavy (non-hydrogen) atoms. The number of hydrogen-bond acceptors (Lipinski definition) is 5. The molecular formula is C17H23F3N4O3. The van der Waals surface area contributed by atoms with Gasteiger partial charge in [0.15, 0.2) is 5.82 Å². The van der Waals surface area contributed by atoms with E-state index in [0.29, 0.717) is 37.2 Å². The zero-order valence-electron chi connectivity index (χ0n) is 15.6. The topological polar surface area (TPSA) is 85.3 Å². The monoisotopic (exact) mass is 388 g/mol. The van der Waals surface area contributed by atoms with E-state index in [1.807, 2.05) is 0 Å². The Morgan fingerprint density at radius 3 is 2.48 bits per heavy atom. The van der Waals surface area contributed by atoms with Crippen LogP contribution in [0.5, 0.6) is 5.88 Å². The Kier molecular flexibility index (Phi) is 4.54. The summed E-state index contributed by atoms with van der Waals surface area (Å²) in [5, 5.41) is 24.1. The van der Waals surface area contributed by atoms with Crippen molar-refractivity contribution in [2.45, 2.75) is 64.1 Å². The van der Waals surface area contributed by atoms with Gasteiger partial charge in [-0.2, -0.15) is 13.2 Å². The first-order chi connectivity index (χ1) is 12.3. The lowest BCUT2D eigenvalue weighted by atomic mass is 10.0. The summed E-state index contributed by atoms with van der Waals surface area (Å²) in [5.41, 5.74) is -2.95. The Hall–Kier alpha value is -2.07. The highest BCUT2D eigenvalue weighted by Crippen LogP contribution is 2.42. The number of alkyl halides is 3. The van der Waals surface area contributed by atoms with E-state index in [1.165, 1.54) is 10.8 Å². The first-order valence-electron chi connectivity index (χ1n) is 8.61. The van der Waals surface area contributed by atoms with Crippen LogP contribution in [0.15, 0.2) is 12.3 Å². The van der Waals surface area contributed by atoms with Crippen LogP contribution in [-0.2, 0) is 12.1 Å². The quantitative estimate of drug-likeness (QED) is 0.823. The normalized spacial score (nSPS) is 19.4. The average Bonchev–Trinajstić information content (AvgIpc) is 3.08. The molecule has 0 radical (unpaired) electrons. The Labute approximate surface area is 154 Å². The number of rotatable bonds is 5. The fourth-order valence-electron chi connectivity index (χ4n) is 3.03. The van der Waals surface area contributed by atoms with Crippen LogP contribution in [0.1, 0.15) is 46.0 Å². The van der Waals surface area contributed by atoms with Gasteiger partial charge in [-0.25, -0.2) is 4.98 Å². The molecule has 0 aromatic carbocycles. The van der Waals surface area contributed by atoms with Gasteiger partial charge in [0.2, 0.25) is 11.5 Å². The summed E-state index contributed by atoms with van der Waals surface area (Å²) in [5.74, 6) is -0.130. The molecule has 0 amide bonds. The molecule has 0 aliphatic carbocycles. The molecule has 1 aliphatic rings. The molecule has 0 fully saturated rings. The van der Waals surface area contributed by atoms with Gasteiger partial charge in [-0.3, -0.25) is 4.68 Å². The highest BCUT2D eigenvalue weighted by Gasteiger charge is 2.55. The Morgan fingerprint density at radius 2 is 1.89 bits per heavy atom. The summed E-state index contributed by atoms with van der Waals surface area (Å²) in [6.45, 7) is 6.34. The van der Waals surface area contributed by atoms with E-state index in [2.05, 4.69) is 10.1 Å². The molecule has 2 aromatic heterocycles. The predicted molar refractivity (Wildman–Crippen MR) is 90.2 cm³/mol. The van der Waals surface area contributed by atoms with Crippen LogP contribution in [-0.4, -0.2) is 47.9 Å². The molecule has 3 rings (SSSR count). The van der Waals surface area contributed by atoms with Crippen LogP contribution < -0.4 is 4.74 Å². The number of imidazole rings is 1. The van der Waals surface area contributed by atoms with Gasteiger partial charge in [0.05, 0.1) is 42.4 Å². The van der Waals surface area contributed by atoms with E-state index < -0.39 is 23.2 Å². The number of aliphatic hydroxyl groups is 2. The Morgan fingerprint density at radius 1 is 1.22 bits per heavy atom. The summed E-state index contributed by atoms with van der Waals surface area (Å²) in [4.78, 5) is 3.87. The number of fused-ring (bicyclic) bond motifs is 3. The third kappa shape index (κ3) is 3.55.